The minimum Gasteiger partial charge on any atom is -0.504 e. The molecule has 8 nitrogen and oxygen atoms in total. The van der Waals surface area contributed by atoms with Gasteiger partial charge in [0.1, 0.15) is 5.82 Å². The van der Waals surface area contributed by atoms with Gasteiger partial charge in [-0.2, -0.15) is 5.10 Å². The number of carbonyl (C=O) groups excluding carboxylic acids is 1. The molecule has 2 atom stereocenters. The van der Waals surface area contributed by atoms with Gasteiger partial charge in [0.15, 0.2) is 21.3 Å². The molecule has 2 aromatic rings. The van der Waals surface area contributed by atoms with Crippen LogP contribution in [0.1, 0.15) is 41.6 Å². The highest BCUT2D eigenvalue weighted by Crippen LogP contribution is 2.43. The zero-order chi connectivity index (χ0) is 19.3. The van der Waals surface area contributed by atoms with Crippen LogP contribution in [0.3, 0.4) is 0 Å². The van der Waals surface area contributed by atoms with Gasteiger partial charge in [-0.1, -0.05) is 6.07 Å². The second-order valence-corrected chi connectivity index (χ2v) is 9.31. The van der Waals surface area contributed by atoms with Crippen molar-refractivity contribution >= 4 is 21.6 Å². The molecule has 2 aliphatic rings. The van der Waals surface area contributed by atoms with E-state index in [1.54, 1.807) is 22.9 Å². The Morgan fingerprint density at radius 1 is 1.37 bits per heavy atom. The summed E-state index contributed by atoms with van der Waals surface area (Å²) in [6.45, 7) is 1.86. The normalized spacial score (nSPS) is 23.7. The third-order valence-corrected chi connectivity index (χ3v) is 7.04. The summed E-state index contributed by atoms with van der Waals surface area (Å²) < 4.78 is 30.6. The van der Waals surface area contributed by atoms with Crippen LogP contribution in [-0.2, 0) is 14.6 Å². The number of nitrogens with one attached hydrogen (secondary N) is 1. The topological polar surface area (TPSA) is 111 Å². The summed E-state index contributed by atoms with van der Waals surface area (Å²) in [5.74, 6) is 0.725. The number of anilines is 1. The molecule has 4 rings (SSSR count). The lowest BCUT2D eigenvalue weighted by molar-refractivity contribution is -0.116. The van der Waals surface area contributed by atoms with Gasteiger partial charge in [-0.05, 0) is 31.0 Å². The number of methoxy groups -OCH3 is 1. The number of aromatic nitrogens is 2. The van der Waals surface area contributed by atoms with E-state index in [-0.39, 0.29) is 41.5 Å². The van der Waals surface area contributed by atoms with Crippen molar-refractivity contribution in [3.05, 3.63) is 35.0 Å². The number of rotatable bonds is 3. The highest BCUT2D eigenvalue weighted by atomic mass is 32.2. The van der Waals surface area contributed by atoms with Gasteiger partial charge < -0.3 is 15.2 Å². The van der Waals surface area contributed by atoms with Crippen LogP contribution < -0.4 is 10.1 Å². The molecule has 9 heteroatoms. The van der Waals surface area contributed by atoms with Gasteiger partial charge in [0.05, 0.1) is 30.4 Å². The average molecular weight is 391 g/mol. The van der Waals surface area contributed by atoms with Crippen molar-refractivity contribution in [2.45, 2.75) is 31.7 Å². The molecule has 1 aromatic carbocycles. The largest absolute Gasteiger partial charge is 0.504 e. The molecular formula is C18H21N3O5S. The molecule has 2 N–H and O–H groups in total. The number of amides is 1. The Kier molecular flexibility index (Phi) is 4.14. The van der Waals surface area contributed by atoms with Gasteiger partial charge in [-0.15, -0.1) is 0 Å². The number of sulfone groups is 1. The van der Waals surface area contributed by atoms with Crippen molar-refractivity contribution in [2.75, 3.05) is 23.9 Å². The second kappa shape index (κ2) is 6.26. The number of phenolic OH excluding ortho intramolecular Hbond substituents is 1. The lowest BCUT2D eigenvalue weighted by Crippen LogP contribution is -2.26. The van der Waals surface area contributed by atoms with Crippen molar-refractivity contribution in [2.24, 2.45) is 0 Å². The molecule has 1 aromatic heterocycles. The maximum Gasteiger partial charge on any atom is 0.226 e. The molecule has 144 valence electrons. The molecular weight excluding hydrogens is 370 g/mol. The summed E-state index contributed by atoms with van der Waals surface area (Å²) in [6.07, 6.45) is 0.736. The first kappa shape index (κ1) is 17.8. The molecule has 0 aliphatic carbocycles. The SMILES string of the molecule is COc1cc([C@@H]2CC(=O)Nc3c2c(C)nn3[C@H]2CCS(=O)(=O)C2)ccc1O. The molecule has 27 heavy (non-hydrogen) atoms. The number of aryl methyl sites for hydroxylation is 1. The van der Waals surface area contributed by atoms with Crippen molar-refractivity contribution in [3.8, 4) is 11.5 Å². The molecule has 0 unspecified atom stereocenters. The van der Waals surface area contributed by atoms with E-state index >= 15 is 0 Å². The molecule has 0 bridgehead atoms. The number of phenols is 1. The van der Waals surface area contributed by atoms with Crippen LogP contribution in [0.5, 0.6) is 11.5 Å². The van der Waals surface area contributed by atoms with Crippen molar-refractivity contribution < 1.29 is 23.1 Å². The fourth-order valence-corrected chi connectivity index (χ4v) is 5.69. The molecule has 0 saturated carbocycles. The summed E-state index contributed by atoms with van der Waals surface area (Å²) in [7, 11) is -1.60. The fourth-order valence-electron chi connectivity index (χ4n) is 4.00. The van der Waals surface area contributed by atoms with E-state index in [2.05, 4.69) is 10.4 Å². The Balaban J connectivity index is 1.80. The van der Waals surface area contributed by atoms with Crippen LogP contribution in [0.4, 0.5) is 5.82 Å². The minimum absolute atomic E-state index is 0.0327. The van der Waals surface area contributed by atoms with Crippen LogP contribution in [0.15, 0.2) is 18.2 Å². The number of hydrogen-bond donors (Lipinski definition) is 2. The maximum atomic E-state index is 12.4. The first-order valence-electron chi connectivity index (χ1n) is 8.75. The number of ether oxygens (including phenoxy) is 1. The van der Waals surface area contributed by atoms with Crippen molar-refractivity contribution in [1.82, 2.24) is 9.78 Å². The van der Waals surface area contributed by atoms with Gasteiger partial charge >= 0.3 is 0 Å². The third kappa shape index (κ3) is 3.05. The molecule has 3 heterocycles. The first-order chi connectivity index (χ1) is 12.8. The van der Waals surface area contributed by atoms with E-state index in [9.17, 15) is 18.3 Å². The Labute approximate surface area is 157 Å². The Morgan fingerprint density at radius 2 is 2.15 bits per heavy atom. The van der Waals surface area contributed by atoms with E-state index in [4.69, 9.17) is 4.74 Å². The van der Waals surface area contributed by atoms with Crippen LogP contribution in [0, 0.1) is 6.92 Å². The predicted molar refractivity (Wildman–Crippen MR) is 99.0 cm³/mol. The lowest BCUT2D eigenvalue weighted by atomic mass is 9.85. The molecule has 1 amide bonds. The van der Waals surface area contributed by atoms with E-state index in [1.807, 2.05) is 6.92 Å². The Morgan fingerprint density at radius 3 is 2.81 bits per heavy atom. The zero-order valence-corrected chi connectivity index (χ0v) is 15.9. The molecule has 0 radical (unpaired) electrons. The summed E-state index contributed by atoms with van der Waals surface area (Å²) in [4.78, 5) is 12.4. The highest BCUT2D eigenvalue weighted by molar-refractivity contribution is 7.91. The summed E-state index contributed by atoms with van der Waals surface area (Å²) in [6, 6.07) is 4.76. The van der Waals surface area contributed by atoms with Crippen molar-refractivity contribution in [1.29, 1.82) is 0 Å². The molecule has 2 aliphatic heterocycles. The van der Waals surface area contributed by atoms with Crippen LogP contribution in [0.2, 0.25) is 0 Å². The number of fused-ring (bicyclic) bond motifs is 1. The zero-order valence-electron chi connectivity index (χ0n) is 15.1. The van der Waals surface area contributed by atoms with E-state index in [0.717, 1.165) is 16.8 Å². The van der Waals surface area contributed by atoms with Crippen LogP contribution >= 0.6 is 0 Å². The second-order valence-electron chi connectivity index (χ2n) is 7.09. The summed E-state index contributed by atoms with van der Waals surface area (Å²) >= 11 is 0. The van der Waals surface area contributed by atoms with Gasteiger partial charge in [0.2, 0.25) is 5.91 Å². The average Bonchev–Trinajstić information content (AvgIpc) is 3.14. The number of carbonyl (C=O) groups is 1. The fraction of sp³-hybridized carbons (Fsp3) is 0.444. The van der Waals surface area contributed by atoms with Crippen molar-refractivity contribution in [3.63, 3.8) is 0 Å². The molecule has 1 saturated heterocycles. The maximum absolute atomic E-state index is 12.4. The summed E-state index contributed by atoms with van der Waals surface area (Å²) in [5.41, 5.74) is 2.47. The van der Waals surface area contributed by atoms with E-state index in [1.165, 1.54) is 7.11 Å². The van der Waals surface area contributed by atoms with E-state index in [0.29, 0.717) is 18.0 Å². The Bertz CT molecular complexity index is 1030. The smallest absolute Gasteiger partial charge is 0.226 e. The number of aromatic hydroxyl groups is 1. The van der Waals surface area contributed by atoms with Gasteiger partial charge in [-0.25, -0.2) is 13.1 Å². The standard InChI is InChI=1S/C18H21N3O5S/c1-10-17-13(11-3-4-14(22)15(7-11)26-2)8-16(23)19-18(17)21(20-10)12-5-6-27(24,25)9-12/h3-4,7,12-13,22H,5-6,8-9H2,1-2H3,(H,19,23)/t12-,13-/m0/s1. The minimum atomic E-state index is -3.07. The highest BCUT2D eigenvalue weighted by Gasteiger charge is 2.37. The lowest BCUT2D eigenvalue weighted by Gasteiger charge is -2.25. The molecule has 1 fully saturated rings. The third-order valence-electron chi connectivity index (χ3n) is 5.29. The quantitative estimate of drug-likeness (QED) is 0.825. The first-order valence-corrected chi connectivity index (χ1v) is 10.6. The van der Waals surface area contributed by atoms with Gasteiger partial charge in [0.25, 0.3) is 0 Å². The predicted octanol–water partition coefficient (Wildman–Crippen LogP) is 1.74. The monoisotopic (exact) mass is 391 g/mol. The number of nitrogens with zero attached hydrogens (tertiary/aromatic N) is 2. The number of benzene rings is 1. The molecule has 0 spiro atoms. The van der Waals surface area contributed by atoms with Crippen LogP contribution in [-0.4, -0.2) is 47.8 Å². The van der Waals surface area contributed by atoms with Gasteiger partial charge in [0, 0.05) is 17.9 Å². The Hall–Kier alpha value is -2.55. The van der Waals surface area contributed by atoms with Gasteiger partial charge in [-0.3, -0.25) is 4.79 Å². The number of hydrogen-bond acceptors (Lipinski definition) is 6. The van der Waals surface area contributed by atoms with Crippen LogP contribution in [0.25, 0.3) is 0 Å². The van der Waals surface area contributed by atoms with E-state index < -0.39 is 9.84 Å². The summed E-state index contributed by atoms with van der Waals surface area (Å²) in [5, 5.41) is 17.3.